The molecule has 3 rings (SSSR count). The molecule has 0 saturated heterocycles. The SMILES string of the molecule is O=S(=O)(/N=c1/sccn1-c1ccccc1O)c1ccccc1. The monoisotopic (exact) mass is 332 g/mol. The van der Waals surface area contributed by atoms with Crippen molar-refractivity contribution in [3.8, 4) is 11.4 Å². The first kappa shape index (κ1) is 14.6. The van der Waals surface area contributed by atoms with Crippen molar-refractivity contribution >= 4 is 21.4 Å². The fraction of sp³-hybridized carbons (Fsp3) is 0. The Kier molecular flexibility index (Phi) is 3.82. The third-order valence-corrected chi connectivity index (χ3v) is 5.12. The smallest absolute Gasteiger partial charge is 0.285 e. The Morgan fingerprint density at radius 2 is 1.68 bits per heavy atom. The molecule has 22 heavy (non-hydrogen) atoms. The summed E-state index contributed by atoms with van der Waals surface area (Å²) in [4.78, 5) is 0.401. The first-order chi connectivity index (χ1) is 10.6. The number of benzene rings is 2. The molecule has 0 aliphatic rings. The Morgan fingerprint density at radius 3 is 2.41 bits per heavy atom. The van der Waals surface area contributed by atoms with Gasteiger partial charge >= 0.3 is 0 Å². The highest BCUT2D eigenvalue weighted by atomic mass is 32.2. The molecule has 0 spiro atoms. The average Bonchev–Trinajstić information content (AvgIpc) is 2.96. The molecule has 0 radical (unpaired) electrons. The van der Waals surface area contributed by atoms with Crippen LogP contribution in [0.5, 0.6) is 5.75 Å². The van der Waals surface area contributed by atoms with Crippen molar-refractivity contribution in [3.63, 3.8) is 0 Å². The van der Waals surface area contributed by atoms with Gasteiger partial charge < -0.3 is 5.11 Å². The molecule has 0 saturated carbocycles. The van der Waals surface area contributed by atoms with E-state index < -0.39 is 10.0 Å². The lowest BCUT2D eigenvalue weighted by molar-refractivity contribution is 0.472. The second-order valence-corrected chi connectivity index (χ2v) is 6.90. The van der Waals surface area contributed by atoms with Gasteiger partial charge in [-0.05, 0) is 24.3 Å². The van der Waals surface area contributed by atoms with Crippen LogP contribution in [0.4, 0.5) is 0 Å². The number of phenols is 1. The fourth-order valence-electron chi connectivity index (χ4n) is 1.94. The van der Waals surface area contributed by atoms with E-state index in [4.69, 9.17) is 0 Å². The number of hydrogen-bond donors (Lipinski definition) is 1. The first-order valence-electron chi connectivity index (χ1n) is 6.38. The highest BCUT2D eigenvalue weighted by Crippen LogP contribution is 2.20. The van der Waals surface area contributed by atoms with Gasteiger partial charge in [0.2, 0.25) is 4.80 Å². The van der Waals surface area contributed by atoms with E-state index in [1.165, 1.54) is 29.5 Å². The Balaban J connectivity index is 2.16. The number of aromatic hydroxyl groups is 1. The lowest BCUT2D eigenvalue weighted by Crippen LogP contribution is -2.15. The molecule has 0 aliphatic heterocycles. The molecule has 0 fully saturated rings. The number of aromatic nitrogens is 1. The topological polar surface area (TPSA) is 71.7 Å². The Hall–Kier alpha value is -2.38. The number of phenolic OH excluding ortho intramolecular Hbond substituents is 1. The van der Waals surface area contributed by atoms with Crippen molar-refractivity contribution in [2.24, 2.45) is 4.40 Å². The third-order valence-electron chi connectivity index (χ3n) is 2.97. The zero-order chi connectivity index (χ0) is 15.6. The van der Waals surface area contributed by atoms with E-state index in [2.05, 4.69) is 4.40 Å². The minimum Gasteiger partial charge on any atom is -0.506 e. The predicted molar refractivity (Wildman–Crippen MR) is 84.5 cm³/mol. The summed E-state index contributed by atoms with van der Waals surface area (Å²) in [6.07, 6.45) is 1.67. The van der Waals surface area contributed by atoms with Gasteiger partial charge in [0.1, 0.15) is 5.75 Å². The number of rotatable bonds is 3. The van der Waals surface area contributed by atoms with E-state index in [1.54, 1.807) is 52.5 Å². The second-order valence-electron chi connectivity index (χ2n) is 4.42. The van der Waals surface area contributed by atoms with Gasteiger partial charge in [0.25, 0.3) is 10.0 Å². The molecule has 1 aromatic heterocycles. The summed E-state index contributed by atoms with van der Waals surface area (Å²) >= 11 is 1.18. The number of nitrogens with zero attached hydrogens (tertiary/aromatic N) is 2. The van der Waals surface area contributed by atoms with Gasteiger partial charge in [0.05, 0.1) is 10.6 Å². The van der Waals surface area contributed by atoms with E-state index in [-0.39, 0.29) is 15.4 Å². The molecule has 0 amide bonds. The molecule has 0 bridgehead atoms. The maximum absolute atomic E-state index is 12.3. The minimum atomic E-state index is -3.79. The van der Waals surface area contributed by atoms with Crippen molar-refractivity contribution in [3.05, 3.63) is 71.0 Å². The molecule has 3 aromatic rings. The van der Waals surface area contributed by atoms with Crippen LogP contribution in [0.15, 0.2) is 75.5 Å². The third kappa shape index (κ3) is 2.81. The quantitative estimate of drug-likeness (QED) is 0.801. The molecule has 5 nitrogen and oxygen atoms in total. The summed E-state index contributed by atoms with van der Waals surface area (Å²) in [6, 6.07) is 14.7. The van der Waals surface area contributed by atoms with Crippen LogP contribution in [0.2, 0.25) is 0 Å². The molecule has 0 atom stereocenters. The van der Waals surface area contributed by atoms with Gasteiger partial charge in [0.15, 0.2) is 0 Å². The summed E-state index contributed by atoms with van der Waals surface area (Å²) in [5.74, 6) is 0.0551. The van der Waals surface area contributed by atoms with Gasteiger partial charge in [-0.25, -0.2) is 0 Å². The van der Waals surface area contributed by atoms with Crippen molar-refractivity contribution in [1.82, 2.24) is 4.57 Å². The number of thiazole rings is 1. The van der Waals surface area contributed by atoms with Gasteiger partial charge in [-0.1, -0.05) is 30.3 Å². The second kappa shape index (κ2) is 5.78. The summed E-state index contributed by atoms with van der Waals surface area (Å²) in [5, 5.41) is 11.6. The van der Waals surface area contributed by atoms with Crippen molar-refractivity contribution < 1.29 is 13.5 Å². The van der Waals surface area contributed by atoms with Gasteiger partial charge in [0, 0.05) is 11.6 Å². The highest BCUT2D eigenvalue weighted by Gasteiger charge is 2.13. The van der Waals surface area contributed by atoms with Crippen LogP contribution in [0, 0.1) is 0 Å². The number of hydrogen-bond acceptors (Lipinski definition) is 4. The zero-order valence-corrected chi connectivity index (χ0v) is 13.0. The molecule has 112 valence electrons. The summed E-state index contributed by atoms with van der Waals surface area (Å²) < 4.78 is 30.1. The normalized spacial score (nSPS) is 12.5. The Morgan fingerprint density at radius 1 is 1.00 bits per heavy atom. The predicted octanol–water partition coefficient (Wildman–Crippen LogP) is 2.53. The lowest BCUT2D eigenvalue weighted by Gasteiger charge is -2.05. The number of para-hydroxylation sites is 2. The standard InChI is InChI=1S/C15H12N2O3S2/c18-14-9-5-4-8-13(14)17-10-11-21-15(17)16-22(19,20)12-6-2-1-3-7-12/h1-11,18H/b16-15+. The van der Waals surface area contributed by atoms with E-state index in [0.29, 0.717) is 5.69 Å². The van der Waals surface area contributed by atoms with E-state index in [0.717, 1.165) is 0 Å². The van der Waals surface area contributed by atoms with Crippen LogP contribution in [-0.2, 0) is 10.0 Å². The summed E-state index contributed by atoms with van der Waals surface area (Å²) in [6.45, 7) is 0. The maximum Gasteiger partial charge on any atom is 0.285 e. The molecule has 7 heteroatoms. The van der Waals surface area contributed by atoms with Crippen molar-refractivity contribution in [2.45, 2.75) is 4.90 Å². The first-order valence-corrected chi connectivity index (χ1v) is 8.70. The molecular weight excluding hydrogens is 320 g/mol. The summed E-state index contributed by atoms with van der Waals surface area (Å²) in [5.41, 5.74) is 0.478. The largest absolute Gasteiger partial charge is 0.506 e. The molecule has 0 aliphatic carbocycles. The maximum atomic E-state index is 12.3. The average molecular weight is 332 g/mol. The van der Waals surface area contributed by atoms with Crippen LogP contribution >= 0.6 is 11.3 Å². The van der Waals surface area contributed by atoms with Gasteiger partial charge in [-0.3, -0.25) is 4.57 Å². The van der Waals surface area contributed by atoms with Crippen molar-refractivity contribution in [2.75, 3.05) is 0 Å². The molecule has 1 N–H and O–H groups in total. The number of sulfonamides is 1. The lowest BCUT2D eigenvalue weighted by atomic mass is 10.3. The van der Waals surface area contributed by atoms with Crippen LogP contribution in [0.1, 0.15) is 0 Å². The molecular formula is C15H12N2O3S2. The minimum absolute atomic E-state index is 0.0551. The molecule has 1 heterocycles. The highest BCUT2D eigenvalue weighted by molar-refractivity contribution is 7.90. The van der Waals surface area contributed by atoms with Crippen LogP contribution in [0.3, 0.4) is 0 Å². The fourth-order valence-corrected chi connectivity index (χ4v) is 3.88. The van der Waals surface area contributed by atoms with E-state index >= 15 is 0 Å². The molecule has 2 aromatic carbocycles. The molecule has 0 unspecified atom stereocenters. The Labute approximate surface area is 131 Å². The van der Waals surface area contributed by atoms with E-state index in [9.17, 15) is 13.5 Å². The van der Waals surface area contributed by atoms with Crippen LogP contribution in [-0.4, -0.2) is 18.1 Å². The van der Waals surface area contributed by atoms with Crippen LogP contribution in [0.25, 0.3) is 5.69 Å². The summed E-state index contributed by atoms with van der Waals surface area (Å²) in [7, 11) is -3.79. The van der Waals surface area contributed by atoms with Gasteiger partial charge in [-0.2, -0.15) is 8.42 Å². The Bertz CT molecular complexity index is 957. The van der Waals surface area contributed by atoms with Gasteiger partial charge in [-0.15, -0.1) is 15.7 Å². The van der Waals surface area contributed by atoms with Crippen molar-refractivity contribution in [1.29, 1.82) is 0 Å². The zero-order valence-electron chi connectivity index (χ0n) is 11.3. The van der Waals surface area contributed by atoms with Crippen LogP contribution < -0.4 is 4.80 Å². The van der Waals surface area contributed by atoms with E-state index in [1.807, 2.05) is 0 Å².